The van der Waals surface area contributed by atoms with Crippen molar-refractivity contribution in [2.75, 3.05) is 11.9 Å². The molecule has 110 valence electrons. The lowest BCUT2D eigenvalue weighted by molar-refractivity contribution is -0.384. The highest BCUT2D eigenvalue weighted by atomic mass is 79.9. The first kappa shape index (κ1) is 15.5. The number of hydrogen-bond donors (Lipinski definition) is 2. The molecule has 5 nitrogen and oxygen atoms in total. The van der Waals surface area contributed by atoms with Crippen molar-refractivity contribution in [1.29, 1.82) is 0 Å². The van der Waals surface area contributed by atoms with Crippen LogP contribution in [0.3, 0.4) is 0 Å². The lowest BCUT2D eigenvalue weighted by Crippen LogP contribution is -2.12. The van der Waals surface area contributed by atoms with Gasteiger partial charge in [0.2, 0.25) is 0 Å². The minimum atomic E-state index is -0.727. The Hall–Kier alpha value is -1.92. The van der Waals surface area contributed by atoms with Gasteiger partial charge in [0.05, 0.1) is 11.0 Å². The highest BCUT2D eigenvalue weighted by molar-refractivity contribution is 9.10. The summed E-state index contributed by atoms with van der Waals surface area (Å²) in [7, 11) is 0. The molecule has 2 N–H and O–H groups in total. The molecule has 0 radical (unpaired) electrons. The summed E-state index contributed by atoms with van der Waals surface area (Å²) in [6.45, 7) is 2.32. The maximum Gasteiger partial charge on any atom is 0.269 e. The van der Waals surface area contributed by atoms with Gasteiger partial charge < -0.3 is 10.4 Å². The number of hydrogen-bond acceptors (Lipinski definition) is 4. The highest BCUT2D eigenvalue weighted by Gasteiger charge is 2.10. The number of aliphatic hydroxyl groups excluding tert-OH is 1. The van der Waals surface area contributed by atoms with Crippen LogP contribution in [0.25, 0.3) is 0 Å². The molecule has 0 saturated carbocycles. The number of aliphatic hydroxyl groups is 1. The number of nitro benzene ring substituents is 1. The van der Waals surface area contributed by atoms with Crippen molar-refractivity contribution >= 4 is 27.3 Å². The number of anilines is 1. The van der Waals surface area contributed by atoms with E-state index in [1.165, 1.54) is 12.1 Å². The smallest absolute Gasteiger partial charge is 0.269 e. The fraction of sp³-hybridized carbons (Fsp3) is 0.200. The Morgan fingerprint density at radius 2 is 1.95 bits per heavy atom. The van der Waals surface area contributed by atoms with Gasteiger partial charge in [-0.25, -0.2) is 0 Å². The molecule has 0 bridgehead atoms. The van der Waals surface area contributed by atoms with Gasteiger partial charge in [0.15, 0.2) is 0 Å². The van der Waals surface area contributed by atoms with E-state index in [4.69, 9.17) is 0 Å². The predicted molar refractivity (Wildman–Crippen MR) is 85.4 cm³/mol. The average molecular weight is 351 g/mol. The third kappa shape index (κ3) is 4.03. The topological polar surface area (TPSA) is 75.4 Å². The van der Waals surface area contributed by atoms with Crippen molar-refractivity contribution in [3.05, 3.63) is 68.2 Å². The lowest BCUT2D eigenvalue weighted by atomic mass is 10.1. The van der Waals surface area contributed by atoms with Crippen molar-refractivity contribution in [1.82, 2.24) is 0 Å². The zero-order valence-corrected chi connectivity index (χ0v) is 13.0. The summed E-state index contributed by atoms with van der Waals surface area (Å²) in [6, 6.07) is 11.8. The molecule has 2 aromatic carbocycles. The fourth-order valence-corrected chi connectivity index (χ4v) is 2.15. The van der Waals surface area contributed by atoms with Gasteiger partial charge >= 0.3 is 0 Å². The quantitative estimate of drug-likeness (QED) is 0.634. The summed E-state index contributed by atoms with van der Waals surface area (Å²) in [5.41, 5.74) is 2.67. The van der Waals surface area contributed by atoms with E-state index in [9.17, 15) is 15.2 Å². The van der Waals surface area contributed by atoms with Gasteiger partial charge in [-0.1, -0.05) is 15.9 Å². The highest BCUT2D eigenvalue weighted by Crippen LogP contribution is 2.22. The van der Waals surface area contributed by atoms with Gasteiger partial charge in [0.25, 0.3) is 5.69 Å². The predicted octanol–water partition coefficient (Wildman–Crippen LogP) is 3.81. The lowest BCUT2D eigenvalue weighted by Gasteiger charge is -2.13. The van der Waals surface area contributed by atoms with E-state index in [0.717, 1.165) is 15.7 Å². The summed E-state index contributed by atoms with van der Waals surface area (Å²) < 4.78 is 1.03. The molecule has 0 aromatic heterocycles. The number of nitrogens with one attached hydrogen (secondary N) is 1. The van der Waals surface area contributed by atoms with E-state index < -0.39 is 11.0 Å². The van der Waals surface area contributed by atoms with Gasteiger partial charge in [-0.3, -0.25) is 10.1 Å². The first-order chi connectivity index (χ1) is 9.97. The van der Waals surface area contributed by atoms with Crippen LogP contribution in [0.4, 0.5) is 11.4 Å². The van der Waals surface area contributed by atoms with Gasteiger partial charge in [0, 0.05) is 28.8 Å². The van der Waals surface area contributed by atoms with E-state index in [2.05, 4.69) is 21.2 Å². The third-order valence-corrected chi connectivity index (χ3v) is 4.04. The number of benzene rings is 2. The molecule has 1 atom stereocenters. The Balaban J connectivity index is 1.99. The van der Waals surface area contributed by atoms with Gasteiger partial charge in [-0.15, -0.1) is 0 Å². The number of halogens is 1. The molecule has 21 heavy (non-hydrogen) atoms. The SMILES string of the molecule is Cc1cc(NCC(O)c2ccc([N+](=O)[O-])cc2)ccc1Br. The molecule has 6 heteroatoms. The zero-order chi connectivity index (χ0) is 15.4. The molecule has 0 spiro atoms. The first-order valence-electron chi connectivity index (χ1n) is 6.40. The normalized spacial score (nSPS) is 12.0. The number of rotatable bonds is 5. The molecule has 0 saturated heterocycles. The van der Waals surface area contributed by atoms with Crippen LogP contribution in [0.2, 0.25) is 0 Å². The summed E-state index contributed by atoms with van der Waals surface area (Å²) in [5.74, 6) is 0. The molecule has 0 heterocycles. The van der Waals surface area contributed by atoms with E-state index in [0.29, 0.717) is 12.1 Å². The summed E-state index contributed by atoms with van der Waals surface area (Å²) >= 11 is 3.43. The van der Waals surface area contributed by atoms with Crippen molar-refractivity contribution in [3.8, 4) is 0 Å². The Labute approximate surface area is 130 Å². The third-order valence-electron chi connectivity index (χ3n) is 3.15. The molecule has 0 aliphatic carbocycles. The van der Waals surface area contributed by atoms with Crippen molar-refractivity contribution < 1.29 is 10.0 Å². The van der Waals surface area contributed by atoms with E-state index in [1.807, 2.05) is 25.1 Å². The molecular formula is C15H15BrN2O3. The maximum atomic E-state index is 10.6. The number of nitro groups is 1. The average Bonchev–Trinajstić information content (AvgIpc) is 2.48. The van der Waals surface area contributed by atoms with Crippen LogP contribution in [0.15, 0.2) is 46.9 Å². The largest absolute Gasteiger partial charge is 0.387 e. The van der Waals surface area contributed by atoms with Crippen LogP contribution in [0.5, 0.6) is 0 Å². The van der Waals surface area contributed by atoms with Gasteiger partial charge in [-0.05, 0) is 48.4 Å². The fourth-order valence-electron chi connectivity index (χ4n) is 1.91. The summed E-state index contributed by atoms with van der Waals surface area (Å²) in [4.78, 5) is 10.1. The standard InChI is InChI=1S/C15H15BrN2O3/c1-10-8-12(4-7-14(10)16)17-9-15(19)11-2-5-13(6-3-11)18(20)21/h2-8,15,17,19H,9H2,1H3. The molecule has 0 aliphatic heterocycles. The van der Waals surface area contributed by atoms with Crippen LogP contribution in [0, 0.1) is 17.0 Å². The van der Waals surface area contributed by atoms with Gasteiger partial charge in [-0.2, -0.15) is 0 Å². The van der Waals surface area contributed by atoms with Gasteiger partial charge in [0.1, 0.15) is 0 Å². The Kier molecular flexibility index (Phi) is 4.93. The molecule has 2 aromatic rings. The summed E-state index contributed by atoms with van der Waals surface area (Å²) in [5, 5.41) is 23.8. The molecule has 2 rings (SSSR count). The van der Waals surface area contributed by atoms with E-state index in [1.54, 1.807) is 12.1 Å². The number of aryl methyl sites for hydroxylation is 1. The number of nitrogens with zero attached hydrogens (tertiary/aromatic N) is 1. The van der Waals surface area contributed by atoms with Crippen molar-refractivity contribution in [2.45, 2.75) is 13.0 Å². The molecule has 0 fully saturated rings. The molecular weight excluding hydrogens is 336 g/mol. The van der Waals surface area contributed by atoms with Crippen LogP contribution in [-0.2, 0) is 0 Å². The first-order valence-corrected chi connectivity index (χ1v) is 7.19. The Bertz CT molecular complexity index is 644. The van der Waals surface area contributed by atoms with Crippen LogP contribution < -0.4 is 5.32 Å². The van der Waals surface area contributed by atoms with E-state index >= 15 is 0 Å². The van der Waals surface area contributed by atoms with E-state index in [-0.39, 0.29) is 5.69 Å². The minimum absolute atomic E-state index is 0.0162. The Morgan fingerprint density at radius 3 is 2.52 bits per heavy atom. The monoisotopic (exact) mass is 350 g/mol. The van der Waals surface area contributed by atoms with Crippen molar-refractivity contribution in [2.24, 2.45) is 0 Å². The zero-order valence-electron chi connectivity index (χ0n) is 11.4. The van der Waals surface area contributed by atoms with Crippen molar-refractivity contribution in [3.63, 3.8) is 0 Å². The number of non-ortho nitro benzene ring substituents is 1. The second-order valence-electron chi connectivity index (χ2n) is 4.71. The second kappa shape index (κ2) is 6.69. The van der Waals surface area contributed by atoms with Crippen LogP contribution in [-0.4, -0.2) is 16.6 Å². The molecule has 0 amide bonds. The minimum Gasteiger partial charge on any atom is -0.387 e. The Morgan fingerprint density at radius 1 is 1.29 bits per heavy atom. The maximum absolute atomic E-state index is 10.6. The van der Waals surface area contributed by atoms with Crippen LogP contribution >= 0.6 is 15.9 Å². The molecule has 1 unspecified atom stereocenters. The second-order valence-corrected chi connectivity index (χ2v) is 5.56. The summed E-state index contributed by atoms with van der Waals surface area (Å²) in [6.07, 6.45) is -0.727. The molecule has 0 aliphatic rings. The van der Waals surface area contributed by atoms with Crippen LogP contribution in [0.1, 0.15) is 17.2 Å².